The number of unbranched alkanes of at least 4 members (excludes halogenated alkanes) is 36. The molecule has 128 heavy (non-hydrogen) atoms. The molecule has 6 aromatic rings. The van der Waals surface area contributed by atoms with E-state index in [-0.39, 0.29) is 0 Å². The molecule has 0 saturated heterocycles. The number of hydrogen-bond donors (Lipinski definition) is 0. The number of hydrogen-bond acceptors (Lipinski definition) is 0. The summed E-state index contributed by atoms with van der Waals surface area (Å²) in [5, 5.41) is 2.78. The number of benzene rings is 6. The molecule has 2 aliphatic heterocycles. The van der Waals surface area contributed by atoms with Gasteiger partial charge in [-0.05, 0) is 260 Å². The molecule has 2 heterocycles. The van der Waals surface area contributed by atoms with E-state index in [9.17, 15) is 11.1 Å². The Bertz CT molecular complexity index is 4200. The molecule has 714 valence electrons. The van der Waals surface area contributed by atoms with Gasteiger partial charge in [0, 0.05) is 40.3 Å². The van der Waals surface area contributed by atoms with E-state index in [1.165, 1.54) is 384 Å². The van der Waals surface area contributed by atoms with E-state index in [0.29, 0.717) is 0 Å². The molecule has 0 saturated carbocycles. The van der Waals surface area contributed by atoms with Gasteiger partial charge in [0.1, 0.15) is 5.57 Å². The van der Waals surface area contributed by atoms with Crippen LogP contribution >= 0.6 is 0 Å². The fraction of sp³-hybridized carbons (Fsp3) is 0.607. The minimum atomic E-state index is 0.831. The van der Waals surface area contributed by atoms with Crippen molar-refractivity contribution in [2.24, 2.45) is 0 Å². The summed E-state index contributed by atoms with van der Waals surface area (Å²) in [6.07, 6.45) is 74.4. The van der Waals surface area contributed by atoms with Crippen LogP contribution in [-0.4, -0.2) is 9.39 Å². The molecule has 4 nitrogen and oxygen atoms in total. The van der Waals surface area contributed by atoms with Gasteiger partial charge in [-0.15, -0.1) is 0 Å². The summed E-state index contributed by atoms with van der Waals surface area (Å²) in [5.41, 5.74) is 55.5. The quantitative estimate of drug-likeness (QED) is 0.0158. The van der Waals surface area contributed by atoms with Crippen LogP contribution in [0.3, 0.4) is 0 Å². The Labute approximate surface area is 801 Å². The number of aryl methyl sites for hydroxylation is 10. The Kier molecular flexibility index (Phi) is 60.3. The second-order valence-electron chi connectivity index (χ2n) is 37.7. The summed E-state index contributed by atoms with van der Waals surface area (Å²) in [6, 6.07) is 36.2. The second kappa shape index (κ2) is 68.7. The second-order valence-corrected chi connectivity index (χ2v) is 40.6. The Morgan fingerprint density at radius 1 is 0.320 bits per heavy atom. The van der Waals surface area contributed by atoms with Gasteiger partial charge >= 0.3 is 162 Å². The van der Waals surface area contributed by atoms with E-state index in [4.69, 9.17) is 0 Å². The Balaban J connectivity index is 0.000000359. The van der Waals surface area contributed by atoms with E-state index >= 15 is 0 Å². The van der Waals surface area contributed by atoms with Gasteiger partial charge in [0.25, 0.3) is 0 Å². The maximum atomic E-state index is 12.5. The first-order valence-electron chi connectivity index (χ1n) is 53.0. The molecular formula is C122H186N4Ni2. The number of allylic oxidation sites excluding steroid dienone is 6. The molecule has 6 aromatic carbocycles. The van der Waals surface area contributed by atoms with Crippen LogP contribution in [0.25, 0.3) is 33.9 Å². The number of nitrogens with zero attached hydrogens (tertiary/aromatic N) is 4. The van der Waals surface area contributed by atoms with E-state index < -0.39 is 0 Å². The third-order valence-electron chi connectivity index (χ3n) is 26.3. The molecule has 8 rings (SSSR count). The van der Waals surface area contributed by atoms with E-state index in [2.05, 4.69) is 259 Å². The van der Waals surface area contributed by atoms with Gasteiger partial charge in [-0.1, -0.05) is 292 Å². The van der Waals surface area contributed by atoms with Crippen LogP contribution < -0.4 is 9.07 Å². The third kappa shape index (κ3) is 41.5. The monoisotopic (exact) mass is 1820 g/mol. The van der Waals surface area contributed by atoms with Gasteiger partial charge in [-0.2, -0.15) is 0 Å². The third-order valence-corrected chi connectivity index (χ3v) is 28.9. The van der Waals surface area contributed by atoms with Gasteiger partial charge in [-0.3, -0.25) is 0 Å². The van der Waals surface area contributed by atoms with Crippen LogP contribution in [0, 0.1) is 67.2 Å². The predicted molar refractivity (Wildman–Crippen MR) is 560 cm³/mol. The van der Waals surface area contributed by atoms with Gasteiger partial charge < -0.3 is 11.1 Å². The van der Waals surface area contributed by atoms with Crippen LogP contribution in [0.2, 0.25) is 10.8 Å². The molecular weight excluding hydrogens is 1640 g/mol. The zero-order chi connectivity index (χ0) is 92.9. The van der Waals surface area contributed by atoms with Crippen molar-refractivity contribution in [3.05, 3.63) is 243 Å². The molecule has 6 heteroatoms. The van der Waals surface area contributed by atoms with Crippen LogP contribution in [-0.2, 0) is 67.4 Å². The molecule has 0 bridgehead atoms. The molecule has 0 atom stereocenters. The van der Waals surface area contributed by atoms with Crippen molar-refractivity contribution in [1.82, 2.24) is 0 Å². The summed E-state index contributed by atoms with van der Waals surface area (Å²) in [6.45, 7) is 42.9. The van der Waals surface area contributed by atoms with E-state index in [0.717, 1.165) is 120 Å². The fourth-order valence-corrected chi connectivity index (χ4v) is 20.5. The Morgan fingerprint density at radius 2 is 0.641 bits per heavy atom. The van der Waals surface area contributed by atoms with Crippen molar-refractivity contribution < 1.29 is 38.3 Å². The summed E-state index contributed by atoms with van der Waals surface area (Å²) in [7, 11) is 0. The molecule has 0 unspecified atom stereocenters. The van der Waals surface area contributed by atoms with Crippen molar-refractivity contribution in [2.45, 2.75) is 483 Å². The van der Waals surface area contributed by atoms with Crippen LogP contribution in [0.4, 0.5) is 0 Å². The van der Waals surface area contributed by atoms with E-state index in [1.807, 2.05) is 14.4 Å². The molecule has 0 spiro atoms. The number of rotatable bonds is 61. The van der Waals surface area contributed by atoms with Crippen molar-refractivity contribution in [2.75, 3.05) is 0 Å². The summed E-state index contributed by atoms with van der Waals surface area (Å²) in [5.74, 6) is 7.15. The van der Waals surface area contributed by atoms with Crippen LogP contribution in [0.15, 0.2) is 132 Å². The van der Waals surface area contributed by atoms with Gasteiger partial charge in [-0.25, -0.2) is 9.39 Å². The van der Waals surface area contributed by atoms with Crippen molar-refractivity contribution in [1.29, 1.82) is 0 Å². The Hall–Kier alpha value is -6.23. The normalized spacial score (nSPS) is 12.7. The zero-order valence-electron chi connectivity index (χ0n) is 85.8. The molecule has 0 amide bonds. The molecule has 0 aliphatic carbocycles. The van der Waals surface area contributed by atoms with Gasteiger partial charge in [0.05, 0.1) is 5.57 Å². The van der Waals surface area contributed by atoms with Crippen LogP contribution in [0.5, 0.6) is 0 Å². The van der Waals surface area contributed by atoms with Crippen LogP contribution in [0.1, 0.15) is 478 Å². The summed E-state index contributed by atoms with van der Waals surface area (Å²) in [4.78, 5) is 0. The minimum absolute atomic E-state index is 0.831. The van der Waals surface area contributed by atoms with Crippen molar-refractivity contribution >= 4 is 31.9 Å². The maximum absolute atomic E-state index is 12.5. The van der Waals surface area contributed by atoms with E-state index in [1.54, 1.807) is 19.1 Å². The molecule has 0 aromatic heterocycles. The first-order valence-corrected chi connectivity index (χ1v) is 55.4. The molecule has 0 fully saturated rings. The zero-order valence-corrected chi connectivity index (χ0v) is 87.8. The first kappa shape index (κ1) is 112. The van der Waals surface area contributed by atoms with Gasteiger partial charge in [0.15, 0.2) is 0 Å². The van der Waals surface area contributed by atoms with Crippen molar-refractivity contribution in [3.8, 4) is 11.8 Å². The van der Waals surface area contributed by atoms with Gasteiger partial charge in [0.2, 0.25) is 22.8 Å². The summed E-state index contributed by atoms with van der Waals surface area (Å²) >= 11 is 3.55. The SMILES string of the molecule is CCCC#CC1=C(c2cc(CCCCCC)c(C)c(CCCCCC)c2)[N+](=[N-])C(c2cc(CCCCCC)c(C)c(CCCCCC)c2)=C1CC.CCCCCCCCCCCCCCCCCCCC=CC1=C(c2cc(C)c(CCCCC)c(C)c2)[N+](=[N-])C(c2cc(C)c(CCCCC)c(C)c2)=C1.CCC[CH2][Ni][CH2]CCC.Cc1cc[c]([Ni][c]2ccc(C)cc2)cc1. The molecule has 0 radical (unpaired) electrons. The molecule has 0 N–H and O–H groups in total. The topological polar surface area (TPSA) is 50.6 Å². The fourth-order valence-electron chi connectivity index (χ4n) is 18.1. The first-order chi connectivity index (χ1) is 62.3. The average molecular weight is 1830 g/mol. The predicted octanol–water partition coefficient (Wildman–Crippen LogP) is 37.8. The standard InChI is InChI=1S/C51H80N2.C49H74N2.2C7H7.2C4H9.2Ni/c1-8-11-14-15-16-17-18-19-20-21-22-23-24-25-26-27-28-29-32-33-45-40-50(46-36-41(4)48(42(5)37-46)34-30-12-9-2)53(52)51(45)47-38-43(6)49(44(7)39-47)35-31-13-10-3;1-9-15-20-25-29-40-34-44(35-41(38(40)7)30-26-21-16-10-2)48-46(14-6)47(33-24-19-13-5)49(51(48)50)45-36-42(31-27-22-17-11-3)39(8)43(37-45)32-28-23-18-12-4;2*1-7-5-3-2-4-6-7;2*1-3-4-2;;/h32-33,36-40H,8-31,34-35H2,1-7H3;34-37H,9-23,25-32H2,1-8H3;2*3-6H,1H3;2*1,3-4H2,2H3;;. The van der Waals surface area contributed by atoms with Crippen molar-refractivity contribution in [3.63, 3.8) is 0 Å². The Morgan fingerprint density at radius 3 is 1.00 bits per heavy atom. The molecule has 2 aliphatic rings. The average Bonchev–Trinajstić information content (AvgIpc) is 1.59. The summed E-state index contributed by atoms with van der Waals surface area (Å²) < 4.78 is 5.67.